The lowest BCUT2D eigenvalue weighted by molar-refractivity contribution is 0.522. The summed E-state index contributed by atoms with van der Waals surface area (Å²) >= 11 is 14.3. The molecule has 3 heterocycles. The molecule has 0 amide bonds. The first kappa shape index (κ1) is 18.7. The highest BCUT2D eigenvalue weighted by Gasteiger charge is 2.39. The van der Waals surface area contributed by atoms with Crippen molar-refractivity contribution in [1.82, 2.24) is 9.29 Å². The molecule has 0 bridgehead atoms. The minimum absolute atomic E-state index is 0.201. The largest absolute Gasteiger partial charge is 0.369 e. The molecule has 0 spiro atoms. The van der Waals surface area contributed by atoms with Crippen LogP contribution in [0.2, 0.25) is 10.0 Å². The second-order valence-corrected chi connectivity index (χ2v) is 11.1. The van der Waals surface area contributed by atoms with Crippen molar-refractivity contribution in [3.05, 3.63) is 45.3 Å². The zero-order chi connectivity index (χ0) is 19.6. The summed E-state index contributed by atoms with van der Waals surface area (Å²) in [6, 6.07) is 9.68. The lowest BCUT2D eigenvalue weighted by atomic mass is 10.0. The Bertz CT molecular complexity index is 1200. The van der Waals surface area contributed by atoms with Gasteiger partial charge in [0.2, 0.25) is 5.96 Å². The molecule has 4 rings (SSSR count). The van der Waals surface area contributed by atoms with Gasteiger partial charge in [-0.05, 0) is 31.0 Å². The van der Waals surface area contributed by atoms with Gasteiger partial charge in [0, 0.05) is 12.4 Å². The van der Waals surface area contributed by atoms with Gasteiger partial charge < -0.3 is 10.7 Å². The summed E-state index contributed by atoms with van der Waals surface area (Å²) in [4.78, 5) is 9.70. The van der Waals surface area contributed by atoms with Crippen LogP contribution in [-0.4, -0.2) is 38.1 Å². The van der Waals surface area contributed by atoms with Crippen molar-refractivity contribution < 1.29 is 4.21 Å². The molecule has 1 aliphatic heterocycles. The van der Waals surface area contributed by atoms with Crippen LogP contribution in [0.4, 0.5) is 0 Å². The highest BCUT2D eigenvalue weighted by Crippen LogP contribution is 2.44. The maximum absolute atomic E-state index is 12.9. The normalized spacial score (nSPS) is 25.8. The number of guanidine groups is 1. The Morgan fingerprint density at radius 1 is 1.37 bits per heavy atom. The average molecular weight is 441 g/mol. The van der Waals surface area contributed by atoms with Gasteiger partial charge in [-0.15, -0.1) is 11.3 Å². The summed E-state index contributed by atoms with van der Waals surface area (Å²) in [6.45, 7) is 1.89. The van der Waals surface area contributed by atoms with Crippen molar-refractivity contribution in [3.63, 3.8) is 0 Å². The zero-order valence-corrected chi connectivity index (χ0v) is 17.9. The first-order chi connectivity index (χ1) is 12.6. The highest BCUT2D eigenvalue weighted by molar-refractivity contribution is 7.98. The number of hydrogen-bond acceptors (Lipinski definition) is 4. The van der Waals surface area contributed by atoms with Crippen LogP contribution in [0.3, 0.4) is 0 Å². The third-order valence-electron chi connectivity index (χ3n) is 4.74. The van der Waals surface area contributed by atoms with Crippen molar-refractivity contribution in [2.75, 3.05) is 12.8 Å². The Kier molecular flexibility index (Phi) is 4.27. The van der Waals surface area contributed by atoms with Crippen molar-refractivity contribution >= 4 is 67.0 Å². The Morgan fingerprint density at radius 3 is 2.78 bits per heavy atom. The predicted octanol–water partition coefficient (Wildman–Crippen LogP) is 4.31. The third kappa shape index (κ3) is 3.02. The van der Waals surface area contributed by atoms with Crippen molar-refractivity contribution in [1.29, 1.82) is 0 Å². The van der Waals surface area contributed by atoms with Gasteiger partial charge in [-0.2, -0.15) is 0 Å². The molecule has 1 aromatic carbocycles. The zero-order valence-electron chi connectivity index (χ0n) is 14.8. The predicted molar refractivity (Wildman–Crippen MR) is 118 cm³/mol. The van der Waals surface area contributed by atoms with E-state index in [1.165, 1.54) is 15.6 Å². The minimum atomic E-state index is -2.56. The molecule has 0 saturated carbocycles. The molecule has 27 heavy (non-hydrogen) atoms. The van der Waals surface area contributed by atoms with Crippen LogP contribution < -0.4 is 5.73 Å². The van der Waals surface area contributed by atoms with Crippen LogP contribution in [0.5, 0.6) is 0 Å². The monoisotopic (exact) mass is 440 g/mol. The Hall–Kier alpha value is -1.67. The third-order valence-corrected chi connectivity index (χ3v) is 9.08. The number of H-pyrrole nitrogens is 1. The molecule has 0 aliphatic carbocycles. The molecular weight excluding hydrogens is 423 g/mol. The summed E-state index contributed by atoms with van der Waals surface area (Å²) in [5.74, 6) is 4.30. The van der Waals surface area contributed by atoms with E-state index in [-0.39, 0.29) is 11.7 Å². The van der Waals surface area contributed by atoms with E-state index in [2.05, 4.69) is 15.8 Å². The number of thiophene rings is 1. The number of rotatable bonds is 2. The van der Waals surface area contributed by atoms with E-state index in [0.717, 1.165) is 26.4 Å². The van der Waals surface area contributed by atoms with E-state index >= 15 is 0 Å². The molecule has 3 N–H and O–H groups in total. The maximum Gasteiger partial charge on any atom is 0.203 e. The second kappa shape index (κ2) is 6.17. The molecule has 0 fully saturated rings. The Labute approximate surface area is 171 Å². The minimum Gasteiger partial charge on any atom is -0.369 e. The lowest BCUT2D eigenvalue weighted by Crippen LogP contribution is -2.50. The van der Waals surface area contributed by atoms with Gasteiger partial charge in [-0.25, -0.2) is 9.20 Å². The van der Waals surface area contributed by atoms with E-state index in [1.54, 1.807) is 7.05 Å². The van der Waals surface area contributed by atoms with Crippen molar-refractivity contribution in [2.45, 2.75) is 12.5 Å². The summed E-state index contributed by atoms with van der Waals surface area (Å²) < 4.78 is 14.3. The molecule has 3 aromatic rings. The quantitative estimate of drug-likeness (QED) is 0.582. The van der Waals surface area contributed by atoms with Gasteiger partial charge >= 0.3 is 0 Å². The van der Waals surface area contributed by atoms with Crippen LogP contribution in [-0.2, 0) is 15.2 Å². The summed E-state index contributed by atoms with van der Waals surface area (Å²) in [5.41, 5.74) is 7.01. The first-order valence-corrected chi connectivity index (χ1v) is 11.5. The molecule has 0 saturated heterocycles. The molecule has 142 valence electrons. The fraction of sp³-hybridized carbons (Fsp3) is 0.222. The number of nitrogens with one attached hydrogen (secondary N) is 1. The number of aromatic nitrogens is 1. The fourth-order valence-corrected chi connectivity index (χ4v) is 6.89. The molecule has 5 nitrogen and oxygen atoms in total. The lowest BCUT2D eigenvalue weighted by Gasteiger charge is -2.36. The van der Waals surface area contributed by atoms with Gasteiger partial charge in [0.1, 0.15) is 5.54 Å². The molecule has 1 unspecified atom stereocenters. The number of nitrogens with two attached hydrogens (primary N) is 1. The molecular formula is C18H18Cl2N4OS2. The topological polar surface area (TPSA) is 74.5 Å². The van der Waals surface area contributed by atoms with Crippen LogP contribution in [0, 0.1) is 0 Å². The van der Waals surface area contributed by atoms with Crippen molar-refractivity contribution in [2.24, 2.45) is 10.7 Å². The first-order valence-electron chi connectivity index (χ1n) is 8.12. The Balaban J connectivity index is 1.83. The number of fused-ring (bicyclic) bond motifs is 1. The Morgan fingerprint density at radius 2 is 2.11 bits per heavy atom. The van der Waals surface area contributed by atoms with E-state index < -0.39 is 15.2 Å². The molecule has 9 heteroatoms. The van der Waals surface area contributed by atoms with Gasteiger partial charge in [-0.3, -0.25) is 4.31 Å². The number of para-hydroxylation sites is 1. The van der Waals surface area contributed by atoms with Crippen LogP contribution in [0.15, 0.2) is 35.3 Å². The van der Waals surface area contributed by atoms with Gasteiger partial charge in [0.05, 0.1) is 46.5 Å². The van der Waals surface area contributed by atoms with Crippen LogP contribution >= 0.6 is 34.5 Å². The number of halogens is 2. The number of hydrogen-bond donors (Lipinski definition) is 2. The van der Waals surface area contributed by atoms with E-state index in [4.69, 9.17) is 28.9 Å². The molecule has 2 aromatic heterocycles. The van der Waals surface area contributed by atoms with Crippen molar-refractivity contribution in [3.8, 4) is 10.6 Å². The molecule has 1 aliphatic rings. The standard InChI is InChI=1S/C18H18Cl2N4OS2/c1-18(9-27(3,25)24(2)17(21)23-18)16-12(20)8-14(26-16)13-7-10-5-4-6-11(19)15(10)22-13/h4-8,22H,3,9H2,1-2H3,(H2,21,23)/t18-,27?/m0/s1. The summed E-state index contributed by atoms with van der Waals surface area (Å²) in [6.07, 6.45) is 0. The smallest absolute Gasteiger partial charge is 0.203 e. The second-order valence-electron chi connectivity index (χ2n) is 6.83. The molecule has 0 radical (unpaired) electrons. The number of aliphatic imine (C=N–C) groups is 1. The van der Waals surface area contributed by atoms with E-state index in [0.29, 0.717) is 10.0 Å². The number of nitrogens with zero attached hydrogens (tertiary/aromatic N) is 2. The number of aromatic amines is 1. The van der Waals surface area contributed by atoms with E-state index in [1.807, 2.05) is 37.3 Å². The van der Waals surface area contributed by atoms with E-state index in [9.17, 15) is 4.21 Å². The number of benzene rings is 1. The maximum atomic E-state index is 12.9. The SMILES string of the molecule is C=S1(=O)C[C@@](C)(c2sc(-c3cc4cccc(Cl)c4[nH]3)cc2Cl)N=C(N)N1C. The average Bonchev–Trinajstić information content (AvgIpc) is 3.17. The van der Waals surface area contributed by atoms with Crippen LogP contribution in [0.1, 0.15) is 11.8 Å². The highest BCUT2D eigenvalue weighted by atomic mass is 35.5. The van der Waals surface area contributed by atoms with Gasteiger partial charge in [0.25, 0.3) is 0 Å². The van der Waals surface area contributed by atoms with Gasteiger partial charge in [0.15, 0.2) is 0 Å². The summed E-state index contributed by atoms with van der Waals surface area (Å²) in [5, 5.41) is 2.26. The van der Waals surface area contributed by atoms with Crippen LogP contribution in [0.25, 0.3) is 21.5 Å². The molecule has 2 atom stereocenters. The fourth-order valence-electron chi connectivity index (χ4n) is 3.30. The summed E-state index contributed by atoms with van der Waals surface area (Å²) in [7, 11) is -0.922. The van der Waals surface area contributed by atoms with Gasteiger partial charge in [-0.1, -0.05) is 35.3 Å².